The summed E-state index contributed by atoms with van der Waals surface area (Å²) < 4.78 is 12.8. The second-order valence-electron chi connectivity index (χ2n) is 14.8. The lowest BCUT2D eigenvalue weighted by Gasteiger charge is -2.27. The number of hydrogen-bond donors (Lipinski definition) is 0. The minimum Gasteiger partial charge on any atom is -0.456 e. The van der Waals surface area contributed by atoms with Crippen LogP contribution in [0.4, 0.5) is 17.1 Å². The third kappa shape index (κ3) is 4.92. The van der Waals surface area contributed by atoms with Crippen molar-refractivity contribution in [2.45, 2.75) is 0 Å². The zero-order valence-electron chi connectivity index (χ0n) is 30.8. The van der Waals surface area contributed by atoms with Crippen LogP contribution in [0.25, 0.3) is 98.4 Å². The molecular formula is C54H33NO2. The zero-order valence-corrected chi connectivity index (χ0v) is 30.8. The van der Waals surface area contributed by atoms with Gasteiger partial charge in [-0.15, -0.1) is 0 Å². The highest BCUT2D eigenvalue weighted by molar-refractivity contribution is 6.28. The highest BCUT2D eigenvalue weighted by Gasteiger charge is 2.20. The van der Waals surface area contributed by atoms with E-state index in [1.165, 1.54) is 43.4 Å². The Morgan fingerprint density at radius 2 is 0.737 bits per heavy atom. The Labute approximate surface area is 328 Å². The number of nitrogens with zero attached hydrogens (tertiary/aromatic N) is 1. The molecule has 0 N–H and O–H groups in total. The van der Waals surface area contributed by atoms with E-state index in [0.717, 1.165) is 72.1 Å². The SMILES string of the molecule is c1ccc(-c2ccc(N(c3ccc(-c4cccc5oc6ccc7oc8ccccc8c7c6c45)cc3)c3ccc4c5ccccc5c5ccccc5c4c3)cc2)cc1. The first kappa shape index (κ1) is 31.7. The average Bonchev–Trinajstić information content (AvgIpc) is 3.86. The van der Waals surface area contributed by atoms with Gasteiger partial charge in [0.1, 0.15) is 22.3 Å². The molecule has 12 aromatic rings. The molecule has 0 radical (unpaired) electrons. The van der Waals surface area contributed by atoms with Crippen molar-refractivity contribution >= 4 is 93.3 Å². The molecule has 12 rings (SSSR count). The van der Waals surface area contributed by atoms with E-state index in [1.807, 2.05) is 24.3 Å². The minimum absolute atomic E-state index is 0.856. The van der Waals surface area contributed by atoms with E-state index in [1.54, 1.807) is 0 Å². The van der Waals surface area contributed by atoms with Crippen molar-refractivity contribution in [1.82, 2.24) is 0 Å². The Hall–Kier alpha value is -7.62. The van der Waals surface area contributed by atoms with Gasteiger partial charge in [0.05, 0.1) is 0 Å². The number of hydrogen-bond acceptors (Lipinski definition) is 3. The maximum absolute atomic E-state index is 6.50. The Morgan fingerprint density at radius 1 is 0.263 bits per heavy atom. The summed E-state index contributed by atoms with van der Waals surface area (Å²) in [4.78, 5) is 2.37. The number of anilines is 3. The summed E-state index contributed by atoms with van der Waals surface area (Å²) in [7, 11) is 0. The van der Waals surface area contributed by atoms with Crippen molar-refractivity contribution < 1.29 is 8.83 Å². The molecule has 57 heavy (non-hydrogen) atoms. The first-order valence-electron chi connectivity index (χ1n) is 19.4. The van der Waals surface area contributed by atoms with Crippen LogP contribution >= 0.6 is 0 Å². The van der Waals surface area contributed by atoms with Crippen LogP contribution < -0.4 is 4.90 Å². The zero-order chi connectivity index (χ0) is 37.5. The van der Waals surface area contributed by atoms with Gasteiger partial charge in [-0.05, 0) is 115 Å². The summed E-state index contributed by atoms with van der Waals surface area (Å²) in [5.74, 6) is 0. The standard InChI is InChI=1S/C54H33NO2/c1-2-11-34(12-3-1)35-21-25-37(26-22-35)55(39-29-30-45-43-15-5-4-13-41(43)42-14-6-7-16-44(42)47(45)33-39)38-27-23-36(24-28-38)40-18-10-20-49-52(40)54-51(57-49)32-31-50-53(54)46-17-8-9-19-48(46)56-50/h1-33H. The number of para-hydroxylation sites is 1. The minimum atomic E-state index is 0.856. The molecule has 0 bridgehead atoms. The Balaban J connectivity index is 1.04. The topological polar surface area (TPSA) is 29.5 Å². The van der Waals surface area contributed by atoms with Crippen molar-refractivity contribution in [2.75, 3.05) is 4.90 Å². The normalized spacial score (nSPS) is 11.9. The molecule has 0 fully saturated rings. The van der Waals surface area contributed by atoms with Gasteiger partial charge in [0, 0.05) is 38.6 Å². The van der Waals surface area contributed by atoms with Crippen LogP contribution in [-0.2, 0) is 0 Å². The van der Waals surface area contributed by atoms with Crippen LogP contribution in [0.5, 0.6) is 0 Å². The molecule has 0 unspecified atom stereocenters. The van der Waals surface area contributed by atoms with Crippen LogP contribution in [0.15, 0.2) is 209 Å². The highest BCUT2D eigenvalue weighted by Crippen LogP contribution is 2.45. The number of fused-ring (bicyclic) bond motifs is 13. The van der Waals surface area contributed by atoms with Crippen molar-refractivity contribution in [1.29, 1.82) is 0 Å². The molecule has 0 spiro atoms. The van der Waals surface area contributed by atoms with E-state index >= 15 is 0 Å². The summed E-state index contributed by atoms with van der Waals surface area (Å²) in [6, 6.07) is 71.6. The first-order valence-corrected chi connectivity index (χ1v) is 19.4. The van der Waals surface area contributed by atoms with E-state index < -0.39 is 0 Å². The van der Waals surface area contributed by atoms with Gasteiger partial charge in [0.25, 0.3) is 0 Å². The number of rotatable bonds is 5. The molecule has 0 saturated carbocycles. The molecule has 0 aliphatic heterocycles. The smallest absolute Gasteiger partial charge is 0.136 e. The fraction of sp³-hybridized carbons (Fsp3) is 0. The lowest BCUT2D eigenvalue weighted by atomic mass is 9.94. The molecule has 3 heteroatoms. The van der Waals surface area contributed by atoms with Crippen molar-refractivity contribution in [2.24, 2.45) is 0 Å². The van der Waals surface area contributed by atoms with Gasteiger partial charge >= 0.3 is 0 Å². The Bertz CT molecular complexity index is 3470. The highest BCUT2D eigenvalue weighted by atomic mass is 16.3. The van der Waals surface area contributed by atoms with Crippen LogP contribution in [-0.4, -0.2) is 0 Å². The maximum atomic E-state index is 6.50. The van der Waals surface area contributed by atoms with Gasteiger partial charge in [-0.2, -0.15) is 0 Å². The van der Waals surface area contributed by atoms with Gasteiger partial charge in [-0.1, -0.05) is 140 Å². The number of furan rings is 2. The summed E-state index contributed by atoms with van der Waals surface area (Å²) in [5, 5.41) is 11.9. The molecule has 0 atom stereocenters. The third-order valence-electron chi connectivity index (χ3n) is 11.7. The molecule has 0 aliphatic carbocycles. The third-order valence-corrected chi connectivity index (χ3v) is 11.7. The predicted octanol–water partition coefficient (Wildman–Crippen LogP) is 15.7. The Kier molecular flexibility index (Phi) is 6.93. The Morgan fingerprint density at radius 3 is 1.42 bits per heavy atom. The van der Waals surface area contributed by atoms with Crippen LogP contribution in [0, 0.1) is 0 Å². The van der Waals surface area contributed by atoms with E-state index in [9.17, 15) is 0 Å². The van der Waals surface area contributed by atoms with Gasteiger partial charge in [-0.25, -0.2) is 0 Å². The quantitative estimate of drug-likeness (QED) is 0.165. The fourth-order valence-corrected chi connectivity index (χ4v) is 9.07. The van der Waals surface area contributed by atoms with E-state index in [2.05, 4.69) is 181 Å². The van der Waals surface area contributed by atoms with E-state index in [4.69, 9.17) is 8.83 Å². The summed E-state index contributed by atoms with van der Waals surface area (Å²) in [6.45, 7) is 0. The fourth-order valence-electron chi connectivity index (χ4n) is 9.07. The van der Waals surface area contributed by atoms with Gasteiger partial charge in [0.15, 0.2) is 0 Å². The second-order valence-corrected chi connectivity index (χ2v) is 14.8. The molecule has 0 aliphatic rings. The lowest BCUT2D eigenvalue weighted by molar-refractivity contribution is 0.663. The molecular weight excluding hydrogens is 695 g/mol. The van der Waals surface area contributed by atoms with Gasteiger partial charge in [-0.3, -0.25) is 0 Å². The maximum Gasteiger partial charge on any atom is 0.136 e. The van der Waals surface area contributed by atoms with Crippen LogP contribution in [0.3, 0.4) is 0 Å². The molecule has 0 saturated heterocycles. The number of benzene rings is 10. The van der Waals surface area contributed by atoms with Crippen LogP contribution in [0.2, 0.25) is 0 Å². The lowest BCUT2D eigenvalue weighted by Crippen LogP contribution is -2.10. The average molecular weight is 728 g/mol. The summed E-state index contributed by atoms with van der Waals surface area (Å²) >= 11 is 0. The molecule has 2 heterocycles. The summed E-state index contributed by atoms with van der Waals surface area (Å²) in [5.41, 5.74) is 11.3. The first-order chi connectivity index (χ1) is 28.3. The van der Waals surface area contributed by atoms with Crippen molar-refractivity contribution in [3.05, 3.63) is 200 Å². The monoisotopic (exact) mass is 727 g/mol. The van der Waals surface area contributed by atoms with Crippen molar-refractivity contribution in [3.63, 3.8) is 0 Å². The van der Waals surface area contributed by atoms with Crippen LogP contribution in [0.1, 0.15) is 0 Å². The van der Waals surface area contributed by atoms with E-state index in [0.29, 0.717) is 0 Å². The van der Waals surface area contributed by atoms with E-state index in [-0.39, 0.29) is 0 Å². The molecule has 0 amide bonds. The second kappa shape index (κ2) is 12.5. The van der Waals surface area contributed by atoms with Crippen molar-refractivity contribution in [3.8, 4) is 22.3 Å². The molecule has 10 aromatic carbocycles. The molecule has 266 valence electrons. The van der Waals surface area contributed by atoms with Gasteiger partial charge < -0.3 is 13.7 Å². The predicted molar refractivity (Wildman–Crippen MR) is 239 cm³/mol. The molecule has 3 nitrogen and oxygen atoms in total. The molecule has 2 aromatic heterocycles. The largest absolute Gasteiger partial charge is 0.456 e. The summed E-state index contributed by atoms with van der Waals surface area (Å²) in [6.07, 6.45) is 0. The van der Waals surface area contributed by atoms with Gasteiger partial charge in [0.2, 0.25) is 0 Å².